The predicted molar refractivity (Wildman–Crippen MR) is 66.6 cm³/mol. The number of fused-ring (bicyclic) bond motifs is 1. The van der Waals surface area contributed by atoms with Crippen LogP contribution in [0.25, 0.3) is 0 Å². The number of aromatic nitrogens is 2. The molecule has 0 saturated heterocycles. The molecule has 0 bridgehead atoms. The number of hydrogen-bond acceptors (Lipinski definition) is 5. The average molecular weight is 269 g/mol. The van der Waals surface area contributed by atoms with Crippen LogP contribution in [0, 0.1) is 0 Å². The number of hydrogen-bond donors (Lipinski definition) is 1. The van der Waals surface area contributed by atoms with E-state index in [2.05, 4.69) is 9.97 Å². The quantitative estimate of drug-likeness (QED) is 0.815. The van der Waals surface area contributed by atoms with Gasteiger partial charge in [-0.1, -0.05) is 6.07 Å². The van der Waals surface area contributed by atoms with Gasteiger partial charge in [0, 0.05) is 12.4 Å². The lowest BCUT2D eigenvalue weighted by atomic mass is 10.2. The fraction of sp³-hybridized carbons (Fsp3) is 0. The molecule has 1 aromatic heterocycles. The molecule has 0 fully saturated rings. The first kappa shape index (κ1) is 12.0. The number of carbonyl (C=O) groups is 3. The number of nitrogens with zero attached hydrogens (tertiary/aromatic N) is 3. The normalized spacial score (nSPS) is 13.5. The van der Waals surface area contributed by atoms with Crippen molar-refractivity contribution in [3.63, 3.8) is 0 Å². The number of anilines is 1. The van der Waals surface area contributed by atoms with Crippen molar-refractivity contribution in [1.29, 1.82) is 0 Å². The van der Waals surface area contributed by atoms with Gasteiger partial charge in [-0.15, -0.1) is 0 Å². The Bertz CT molecular complexity index is 722. The summed E-state index contributed by atoms with van der Waals surface area (Å²) in [5.41, 5.74) is 0.108. The van der Waals surface area contributed by atoms with E-state index in [4.69, 9.17) is 5.11 Å². The van der Waals surface area contributed by atoms with E-state index in [0.717, 1.165) is 4.90 Å². The van der Waals surface area contributed by atoms with Crippen molar-refractivity contribution in [2.24, 2.45) is 0 Å². The minimum atomic E-state index is -1.14. The van der Waals surface area contributed by atoms with Crippen LogP contribution in [0.5, 0.6) is 0 Å². The van der Waals surface area contributed by atoms with Gasteiger partial charge in [-0.2, -0.15) is 0 Å². The third-order valence-electron chi connectivity index (χ3n) is 2.86. The first-order valence-corrected chi connectivity index (χ1v) is 5.63. The predicted octanol–water partition coefficient (Wildman–Crippen LogP) is 0.975. The largest absolute Gasteiger partial charge is 0.478 e. The van der Waals surface area contributed by atoms with Gasteiger partial charge in [0.1, 0.15) is 0 Å². The summed E-state index contributed by atoms with van der Waals surface area (Å²) in [6, 6.07) is 5.57. The van der Waals surface area contributed by atoms with Crippen LogP contribution in [0.2, 0.25) is 0 Å². The zero-order valence-corrected chi connectivity index (χ0v) is 9.98. The summed E-state index contributed by atoms with van der Waals surface area (Å²) in [7, 11) is 0. The Balaban J connectivity index is 2.09. The van der Waals surface area contributed by atoms with Crippen molar-refractivity contribution in [3.8, 4) is 0 Å². The molecule has 7 nitrogen and oxygen atoms in total. The molecule has 0 aliphatic carbocycles. The number of carboxylic acid groups (broad SMARTS) is 1. The van der Waals surface area contributed by atoms with E-state index in [0.29, 0.717) is 0 Å². The monoisotopic (exact) mass is 269 g/mol. The molecule has 7 heteroatoms. The van der Waals surface area contributed by atoms with Crippen molar-refractivity contribution in [2.75, 3.05) is 4.90 Å². The van der Waals surface area contributed by atoms with Crippen molar-refractivity contribution < 1.29 is 19.5 Å². The van der Waals surface area contributed by atoms with Gasteiger partial charge < -0.3 is 5.11 Å². The second-order valence-electron chi connectivity index (χ2n) is 4.05. The summed E-state index contributed by atoms with van der Waals surface area (Å²) < 4.78 is 0. The molecule has 1 aromatic carbocycles. The Morgan fingerprint density at radius 2 is 1.65 bits per heavy atom. The molecule has 20 heavy (non-hydrogen) atoms. The van der Waals surface area contributed by atoms with Crippen LogP contribution < -0.4 is 4.90 Å². The summed E-state index contributed by atoms with van der Waals surface area (Å²) in [6.45, 7) is 0. The van der Waals surface area contributed by atoms with E-state index in [1.54, 1.807) is 0 Å². The van der Waals surface area contributed by atoms with E-state index >= 15 is 0 Å². The van der Waals surface area contributed by atoms with E-state index in [-0.39, 0.29) is 22.6 Å². The van der Waals surface area contributed by atoms with Gasteiger partial charge in [-0.3, -0.25) is 9.59 Å². The summed E-state index contributed by atoms with van der Waals surface area (Å²) >= 11 is 0. The molecule has 1 N–H and O–H groups in total. The maximum Gasteiger partial charge on any atom is 0.335 e. The highest BCUT2D eigenvalue weighted by atomic mass is 16.4. The lowest BCUT2D eigenvalue weighted by Gasteiger charge is -2.13. The minimum absolute atomic E-state index is 0.0139. The van der Waals surface area contributed by atoms with Gasteiger partial charge in [-0.25, -0.2) is 19.7 Å². The molecule has 1 aliphatic heterocycles. The molecule has 3 rings (SSSR count). The number of carbonyl (C=O) groups excluding carboxylic acids is 2. The highest BCUT2D eigenvalue weighted by molar-refractivity contribution is 6.33. The average Bonchev–Trinajstić information content (AvgIpc) is 2.72. The molecule has 1 aliphatic rings. The standard InChI is InChI=1S/C13H7N3O4/c17-11-9-10(15-5-4-14-9)12(18)16(11)8-3-1-2-7(6-8)13(19)20/h1-6H,(H,19,20). The summed E-state index contributed by atoms with van der Waals surface area (Å²) in [5, 5.41) is 8.94. The molecule has 2 amide bonds. The Hall–Kier alpha value is -3.09. The first-order chi connectivity index (χ1) is 9.59. The maximum atomic E-state index is 12.1. The van der Waals surface area contributed by atoms with Crippen molar-refractivity contribution in [1.82, 2.24) is 9.97 Å². The Labute approximate surface area is 112 Å². The molecular weight excluding hydrogens is 262 g/mol. The van der Waals surface area contributed by atoms with Gasteiger partial charge in [0.2, 0.25) is 0 Å². The maximum absolute atomic E-state index is 12.1. The summed E-state index contributed by atoms with van der Waals surface area (Å²) in [6.07, 6.45) is 2.64. The van der Waals surface area contributed by atoms with Gasteiger partial charge in [0.25, 0.3) is 11.8 Å². The smallest absolute Gasteiger partial charge is 0.335 e. The van der Waals surface area contributed by atoms with Crippen LogP contribution in [0.4, 0.5) is 5.69 Å². The van der Waals surface area contributed by atoms with Crippen LogP contribution in [0.15, 0.2) is 36.7 Å². The molecule has 2 heterocycles. The topological polar surface area (TPSA) is 100 Å². The summed E-state index contributed by atoms with van der Waals surface area (Å²) in [4.78, 5) is 43.8. The SMILES string of the molecule is O=C(O)c1cccc(N2C(=O)c3nccnc3C2=O)c1. The van der Waals surface area contributed by atoms with Crippen molar-refractivity contribution in [2.45, 2.75) is 0 Å². The Morgan fingerprint density at radius 1 is 1.05 bits per heavy atom. The first-order valence-electron chi connectivity index (χ1n) is 5.63. The zero-order valence-electron chi connectivity index (χ0n) is 9.98. The number of rotatable bonds is 2. The highest BCUT2D eigenvalue weighted by Gasteiger charge is 2.39. The van der Waals surface area contributed by atoms with Crippen LogP contribution >= 0.6 is 0 Å². The van der Waals surface area contributed by atoms with E-state index in [9.17, 15) is 14.4 Å². The van der Waals surface area contributed by atoms with Crippen LogP contribution in [-0.2, 0) is 0 Å². The zero-order chi connectivity index (χ0) is 14.3. The fourth-order valence-electron chi connectivity index (χ4n) is 1.97. The molecule has 0 spiro atoms. The lowest BCUT2D eigenvalue weighted by Crippen LogP contribution is -2.29. The molecule has 0 unspecified atom stereocenters. The van der Waals surface area contributed by atoms with Gasteiger partial charge >= 0.3 is 5.97 Å². The van der Waals surface area contributed by atoms with Crippen LogP contribution in [-0.4, -0.2) is 32.9 Å². The minimum Gasteiger partial charge on any atom is -0.478 e. The highest BCUT2D eigenvalue weighted by Crippen LogP contribution is 2.26. The number of aromatic carboxylic acids is 1. The van der Waals surface area contributed by atoms with E-state index < -0.39 is 17.8 Å². The molecule has 98 valence electrons. The van der Waals surface area contributed by atoms with Crippen LogP contribution in [0.3, 0.4) is 0 Å². The Morgan fingerprint density at radius 3 is 2.20 bits per heavy atom. The van der Waals surface area contributed by atoms with E-state index in [1.165, 1.54) is 36.7 Å². The fourth-order valence-corrected chi connectivity index (χ4v) is 1.97. The number of carboxylic acids is 1. The molecule has 2 aromatic rings. The second-order valence-corrected chi connectivity index (χ2v) is 4.05. The van der Waals surface area contributed by atoms with Crippen LogP contribution in [0.1, 0.15) is 31.3 Å². The third kappa shape index (κ3) is 1.64. The van der Waals surface area contributed by atoms with Crippen molar-refractivity contribution >= 4 is 23.5 Å². The number of imide groups is 1. The second kappa shape index (κ2) is 4.23. The molecular formula is C13H7N3O4. The number of amides is 2. The third-order valence-corrected chi connectivity index (χ3v) is 2.86. The van der Waals surface area contributed by atoms with Gasteiger partial charge in [0.15, 0.2) is 11.4 Å². The Kier molecular flexibility index (Phi) is 2.53. The molecule has 0 radical (unpaired) electrons. The molecule has 0 atom stereocenters. The molecule has 0 saturated carbocycles. The lowest BCUT2D eigenvalue weighted by molar-refractivity contribution is 0.0695. The van der Waals surface area contributed by atoms with Gasteiger partial charge in [-0.05, 0) is 18.2 Å². The van der Waals surface area contributed by atoms with Crippen molar-refractivity contribution in [3.05, 3.63) is 53.6 Å². The number of benzene rings is 1. The van der Waals surface area contributed by atoms with E-state index in [1.807, 2.05) is 0 Å². The van der Waals surface area contributed by atoms with Gasteiger partial charge in [0.05, 0.1) is 11.3 Å². The summed E-state index contributed by atoms with van der Waals surface area (Å²) in [5.74, 6) is -2.36.